The zero-order chi connectivity index (χ0) is 9.72. The second-order valence-corrected chi connectivity index (χ2v) is 3.23. The highest BCUT2D eigenvalue weighted by molar-refractivity contribution is 4.68. The summed E-state index contributed by atoms with van der Waals surface area (Å²) in [6.45, 7) is 3.11. The Morgan fingerprint density at radius 1 is 1.50 bits per heavy atom. The van der Waals surface area contributed by atoms with E-state index in [0.29, 0.717) is 6.42 Å². The van der Waals surface area contributed by atoms with Crippen LogP contribution in [0.5, 0.6) is 0 Å². The van der Waals surface area contributed by atoms with Crippen LogP contribution in [0, 0.1) is 16.0 Å². The van der Waals surface area contributed by atoms with Crippen molar-refractivity contribution in [3.63, 3.8) is 0 Å². The summed E-state index contributed by atoms with van der Waals surface area (Å²) >= 11 is 0. The molecule has 0 heterocycles. The van der Waals surface area contributed by atoms with E-state index in [0.717, 1.165) is 0 Å². The van der Waals surface area contributed by atoms with E-state index >= 15 is 0 Å². The Kier molecular flexibility index (Phi) is 4.77. The van der Waals surface area contributed by atoms with Gasteiger partial charge in [-0.3, -0.25) is 10.1 Å². The molecule has 0 aromatic carbocycles. The molecule has 0 aromatic rings. The molecule has 2 N–H and O–H groups in total. The van der Waals surface area contributed by atoms with Crippen molar-refractivity contribution in [2.24, 2.45) is 5.92 Å². The molecule has 0 amide bonds. The number of nitrogens with zero attached hydrogens (tertiary/aromatic N) is 1. The molecule has 2 atom stereocenters. The zero-order valence-corrected chi connectivity index (χ0v) is 7.30. The highest BCUT2D eigenvalue weighted by Gasteiger charge is 2.29. The molecule has 0 saturated carbocycles. The second kappa shape index (κ2) is 5.05. The van der Waals surface area contributed by atoms with E-state index in [1.165, 1.54) is 0 Å². The van der Waals surface area contributed by atoms with Gasteiger partial charge in [0.1, 0.15) is 12.7 Å². The highest BCUT2D eigenvalue weighted by atomic mass is 16.6. The van der Waals surface area contributed by atoms with E-state index in [2.05, 4.69) is 0 Å². The van der Waals surface area contributed by atoms with Gasteiger partial charge in [-0.1, -0.05) is 13.8 Å². The van der Waals surface area contributed by atoms with Crippen LogP contribution in [0.25, 0.3) is 0 Å². The van der Waals surface area contributed by atoms with Gasteiger partial charge in [0.25, 0.3) is 6.04 Å². The normalized spacial score (nSPS) is 16.1. The predicted molar refractivity (Wildman–Crippen MR) is 43.3 cm³/mol. The molecule has 0 bridgehead atoms. The molecule has 0 saturated heterocycles. The molecule has 0 fully saturated rings. The van der Waals surface area contributed by atoms with Crippen LogP contribution in [-0.2, 0) is 0 Å². The van der Waals surface area contributed by atoms with Crippen LogP contribution in [0.1, 0.15) is 20.3 Å². The van der Waals surface area contributed by atoms with Crippen molar-refractivity contribution in [2.75, 3.05) is 6.61 Å². The summed E-state index contributed by atoms with van der Waals surface area (Å²) in [6.07, 6.45) is -0.711. The maximum Gasteiger partial charge on any atom is 0.261 e. The van der Waals surface area contributed by atoms with E-state index in [4.69, 9.17) is 5.11 Å². The predicted octanol–water partition coefficient (Wildman–Crippen LogP) is 0.0310. The Labute approximate surface area is 71.2 Å². The Hall–Kier alpha value is -0.680. The van der Waals surface area contributed by atoms with Gasteiger partial charge in [-0.05, 0) is 12.3 Å². The number of aliphatic hydroxyl groups is 2. The summed E-state index contributed by atoms with van der Waals surface area (Å²) in [5, 5.41) is 28.1. The largest absolute Gasteiger partial charge is 0.389 e. The van der Waals surface area contributed by atoms with Crippen LogP contribution in [0.4, 0.5) is 0 Å². The first-order valence-electron chi connectivity index (χ1n) is 3.91. The van der Waals surface area contributed by atoms with Crippen LogP contribution < -0.4 is 0 Å². The molecule has 72 valence electrons. The molecule has 5 heteroatoms. The van der Waals surface area contributed by atoms with Gasteiger partial charge in [-0.2, -0.15) is 0 Å². The standard InChI is InChI=1S/C7H15NO4/c1-5(2)3-7(10)6(4-9)8(11)12/h5-7,9-10H,3-4H2,1-2H3/t6-,7-/m1/s1. The lowest BCUT2D eigenvalue weighted by molar-refractivity contribution is -0.538. The minimum Gasteiger partial charge on any atom is -0.389 e. The van der Waals surface area contributed by atoms with Crippen LogP contribution in [0.3, 0.4) is 0 Å². The third-order valence-corrected chi connectivity index (χ3v) is 1.61. The molecular formula is C7H15NO4. The smallest absolute Gasteiger partial charge is 0.261 e. The van der Waals surface area contributed by atoms with Crippen molar-refractivity contribution in [1.29, 1.82) is 0 Å². The molecule has 0 rings (SSSR count). The fourth-order valence-electron chi connectivity index (χ4n) is 0.969. The van der Waals surface area contributed by atoms with Gasteiger partial charge in [-0.25, -0.2) is 0 Å². The topological polar surface area (TPSA) is 83.6 Å². The fourth-order valence-corrected chi connectivity index (χ4v) is 0.969. The third kappa shape index (κ3) is 3.64. The first-order chi connectivity index (χ1) is 5.49. The van der Waals surface area contributed by atoms with Gasteiger partial charge < -0.3 is 10.2 Å². The van der Waals surface area contributed by atoms with Crippen LogP contribution in [-0.4, -0.2) is 33.9 Å². The Balaban J connectivity index is 4.02. The van der Waals surface area contributed by atoms with Crippen molar-refractivity contribution < 1.29 is 15.1 Å². The van der Waals surface area contributed by atoms with E-state index in [-0.39, 0.29) is 5.92 Å². The molecule has 5 nitrogen and oxygen atoms in total. The van der Waals surface area contributed by atoms with Gasteiger partial charge in [0.2, 0.25) is 0 Å². The Bertz CT molecular complexity index is 148. The summed E-state index contributed by atoms with van der Waals surface area (Å²) < 4.78 is 0. The highest BCUT2D eigenvalue weighted by Crippen LogP contribution is 2.09. The summed E-state index contributed by atoms with van der Waals surface area (Å²) in [4.78, 5) is 9.59. The van der Waals surface area contributed by atoms with Gasteiger partial charge in [0.15, 0.2) is 0 Å². The lowest BCUT2D eigenvalue weighted by atomic mass is 10.0. The van der Waals surface area contributed by atoms with Crippen molar-refractivity contribution in [3.05, 3.63) is 10.1 Å². The summed E-state index contributed by atoms with van der Waals surface area (Å²) in [6, 6.07) is -1.24. The molecule has 0 spiro atoms. The zero-order valence-electron chi connectivity index (χ0n) is 7.30. The number of nitro groups is 1. The Morgan fingerprint density at radius 2 is 2.00 bits per heavy atom. The van der Waals surface area contributed by atoms with E-state index < -0.39 is 23.7 Å². The first-order valence-corrected chi connectivity index (χ1v) is 3.91. The van der Waals surface area contributed by atoms with E-state index in [1.807, 2.05) is 13.8 Å². The maximum atomic E-state index is 10.2. The van der Waals surface area contributed by atoms with Crippen molar-refractivity contribution in [1.82, 2.24) is 0 Å². The summed E-state index contributed by atoms with van der Waals surface area (Å²) in [5.74, 6) is 0.189. The molecule has 0 aliphatic heterocycles. The van der Waals surface area contributed by atoms with Crippen LogP contribution in [0.2, 0.25) is 0 Å². The minimum absolute atomic E-state index is 0.189. The fraction of sp³-hybridized carbons (Fsp3) is 1.00. The summed E-state index contributed by atoms with van der Waals surface area (Å²) in [7, 11) is 0. The summed E-state index contributed by atoms with van der Waals surface area (Å²) in [5.41, 5.74) is 0. The average molecular weight is 177 g/mol. The molecule has 0 aromatic heterocycles. The van der Waals surface area contributed by atoms with Crippen LogP contribution >= 0.6 is 0 Å². The molecule has 0 unspecified atom stereocenters. The minimum atomic E-state index is -1.24. The third-order valence-electron chi connectivity index (χ3n) is 1.61. The first kappa shape index (κ1) is 11.3. The average Bonchev–Trinajstić information content (AvgIpc) is 1.85. The van der Waals surface area contributed by atoms with E-state index in [9.17, 15) is 15.2 Å². The molecule has 0 radical (unpaired) electrons. The van der Waals surface area contributed by atoms with Gasteiger partial charge in [-0.15, -0.1) is 0 Å². The maximum absolute atomic E-state index is 10.2. The SMILES string of the molecule is CC(C)C[C@@H](O)[C@@H](CO)[N+](=O)[O-]. The number of hydrogen-bond donors (Lipinski definition) is 2. The second-order valence-electron chi connectivity index (χ2n) is 3.23. The molecular weight excluding hydrogens is 162 g/mol. The lowest BCUT2D eigenvalue weighted by Crippen LogP contribution is -2.37. The number of rotatable bonds is 5. The molecule has 12 heavy (non-hydrogen) atoms. The number of hydrogen-bond acceptors (Lipinski definition) is 4. The van der Waals surface area contributed by atoms with Crippen molar-refractivity contribution in [2.45, 2.75) is 32.4 Å². The molecule has 0 aliphatic carbocycles. The Morgan fingerprint density at radius 3 is 2.25 bits per heavy atom. The van der Waals surface area contributed by atoms with Gasteiger partial charge >= 0.3 is 0 Å². The van der Waals surface area contributed by atoms with Gasteiger partial charge in [0, 0.05) is 4.92 Å². The lowest BCUT2D eigenvalue weighted by Gasteiger charge is -2.15. The van der Waals surface area contributed by atoms with Crippen LogP contribution in [0.15, 0.2) is 0 Å². The van der Waals surface area contributed by atoms with Crippen molar-refractivity contribution in [3.8, 4) is 0 Å². The van der Waals surface area contributed by atoms with Crippen molar-refractivity contribution >= 4 is 0 Å². The monoisotopic (exact) mass is 177 g/mol. The quantitative estimate of drug-likeness (QED) is 0.458. The van der Waals surface area contributed by atoms with Gasteiger partial charge in [0.05, 0.1) is 0 Å². The van der Waals surface area contributed by atoms with E-state index in [1.54, 1.807) is 0 Å². The molecule has 0 aliphatic rings. The number of aliphatic hydroxyl groups excluding tert-OH is 2.